The fourth-order valence-corrected chi connectivity index (χ4v) is 10.5. The number of carbonyl (C=O) groups is 5. The third kappa shape index (κ3) is 2.28. The Bertz CT molecular complexity index is 919. The Kier molecular flexibility index (Phi) is 3.98. The minimum atomic E-state index is -0.811. The maximum atomic E-state index is 13.4. The summed E-state index contributed by atoms with van der Waals surface area (Å²) in [6, 6.07) is 2.25. The summed E-state index contributed by atoms with van der Waals surface area (Å²) >= 11 is 3.21. The van der Waals surface area contributed by atoms with Gasteiger partial charge in [0.1, 0.15) is 5.78 Å². The van der Waals surface area contributed by atoms with Crippen molar-refractivity contribution in [3.63, 3.8) is 0 Å². The quantitative estimate of drug-likeness (QED) is 0.416. The number of fused-ring (bicyclic) bond motifs is 5. The lowest BCUT2D eigenvalue weighted by molar-refractivity contribution is -0.155. The third-order valence-electron chi connectivity index (χ3n) is 7.89. The number of nitriles is 1. The SMILES string of the molecule is N#CC1CC2C(=O)C3C(C4C5C(=O)OC(=O)C5CC5C(=O)OC(=O)C54)CSC3C2S1. The first-order valence-corrected chi connectivity index (χ1v) is 12.1. The summed E-state index contributed by atoms with van der Waals surface area (Å²) in [6.45, 7) is 0. The van der Waals surface area contributed by atoms with Crippen LogP contribution in [-0.4, -0.2) is 51.2 Å². The van der Waals surface area contributed by atoms with Crippen LogP contribution in [0.25, 0.3) is 0 Å². The van der Waals surface area contributed by atoms with Gasteiger partial charge in [0.25, 0.3) is 0 Å². The van der Waals surface area contributed by atoms with Crippen LogP contribution in [0, 0.1) is 58.7 Å². The normalized spacial score (nSPS) is 51.2. The zero-order chi connectivity index (χ0) is 20.9. The highest BCUT2D eigenvalue weighted by molar-refractivity contribution is 8.04. The number of esters is 4. The molecule has 6 aliphatic rings. The minimum absolute atomic E-state index is 0.0240. The summed E-state index contributed by atoms with van der Waals surface area (Å²) < 4.78 is 9.80. The zero-order valence-corrected chi connectivity index (χ0v) is 17.2. The predicted molar refractivity (Wildman–Crippen MR) is 101 cm³/mol. The lowest BCUT2D eigenvalue weighted by Crippen LogP contribution is -2.48. The van der Waals surface area contributed by atoms with Crippen LogP contribution in [0.4, 0.5) is 0 Å². The summed E-state index contributed by atoms with van der Waals surface area (Å²) in [7, 11) is 0. The smallest absolute Gasteiger partial charge is 0.317 e. The van der Waals surface area contributed by atoms with Crippen molar-refractivity contribution in [2.45, 2.75) is 28.6 Å². The molecule has 0 amide bonds. The van der Waals surface area contributed by atoms with E-state index in [1.54, 1.807) is 23.5 Å². The van der Waals surface area contributed by atoms with Gasteiger partial charge in [0, 0.05) is 22.3 Å². The van der Waals surface area contributed by atoms with E-state index >= 15 is 0 Å². The van der Waals surface area contributed by atoms with E-state index in [0.29, 0.717) is 12.2 Å². The molecule has 6 fully saturated rings. The number of cyclic esters (lactones) is 4. The van der Waals surface area contributed by atoms with Crippen LogP contribution in [0.15, 0.2) is 0 Å². The molecule has 0 radical (unpaired) electrons. The Balaban J connectivity index is 1.39. The van der Waals surface area contributed by atoms with Crippen molar-refractivity contribution in [2.75, 3.05) is 5.75 Å². The van der Waals surface area contributed by atoms with Crippen molar-refractivity contribution < 1.29 is 33.4 Å². The number of carbonyl (C=O) groups excluding carboxylic acids is 5. The Morgan fingerprint density at radius 1 is 0.800 bits per heavy atom. The predicted octanol–water partition coefficient (Wildman–Crippen LogP) is 0.582. The monoisotopic (exact) mass is 447 g/mol. The molecule has 2 aliphatic carbocycles. The van der Waals surface area contributed by atoms with E-state index in [9.17, 15) is 29.2 Å². The Morgan fingerprint density at radius 2 is 1.43 bits per heavy atom. The topological polar surface area (TPSA) is 128 Å². The van der Waals surface area contributed by atoms with Gasteiger partial charge in [0.05, 0.1) is 35.0 Å². The van der Waals surface area contributed by atoms with Crippen LogP contribution in [0.3, 0.4) is 0 Å². The molecule has 6 rings (SSSR count). The summed E-state index contributed by atoms with van der Waals surface area (Å²) in [6.07, 6.45) is 0.614. The highest BCUT2D eigenvalue weighted by Crippen LogP contribution is 2.62. The van der Waals surface area contributed by atoms with Gasteiger partial charge in [0.2, 0.25) is 0 Å². The molecule has 4 saturated heterocycles. The van der Waals surface area contributed by atoms with Gasteiger partial charge in [-0.2, -0.15) is 17.0 Å². The van der Waals surface area contributed by atoms with E-state index in [1.165, 1.54) is 0 Å². The van der Waals surface area contributed by atoms with E-state index in [-0.39, 0.29) is 45.7 Å². The van der Waals surface area contributed by atoms with Gasteiger partial charge < -0.3 is 9.47 Å². The van der Waals surface area contributed by atoms with Gasteiger partial charge in [-0.25, -0.2) is 0 Å². The second kappa shape index (κ2) is 6.33. The van der Waals surface area contributed by atoms with Gasteiger partial charge in [-0.1, -0.05) is 0 Å². The summed E-state index contributed by atoms with van der Waals surface area (Å²) in [5.41, 5.74) is 0. The summed E-state index contributed by atoms with van der Waals surface area (Å²) in [5, 5.41) is 9.16. The molecule has 4 aliphatic heterocycles. The molecule has 30 heavy (non-hydrogen) atoms. The maximum Gasteiger partial charge on any atom is 0.317 e. The van der Waals surface area contributed by atoms with Crippen LogP contribution in [0.5, 0.6) is 0 Å². The molecular formula is C20H17NO7S2. The number of ether oxygens (including phenoxy) is 2. The lowest BCUT2D eigenvalue weighted by Gasteiger charge is -2.40. The fraction of sp³-hybridized carbons (Fsp3) is 0.700. The lowest BCUT2D eigenvalue weighted by atomic mass is 9.57. The van der Waals surface area contributed by atoms with E-state index in [2.05, 4.69) is 6.07 Å². The van der Waals surface area contributed by atoms with Gasteiger partial charge in [0.15, 0.2) is 0 Å². The molecule has 10 unspecified atom stereocenters. The van der Waals surface area contributed by atoms with Crippen molar-refractivity contribution in [2.24, 2.45) is 47.3 Å². The van der Waals surface area contributed by atoms with Gasteiger partial charge in [-0.3, -0.25) is 24.0 Å². The number of rotatable bonds is 1. The first kappa shape index (κ1) is 18.9. The molecule has 0 aromatic carbocycles. The molecule has 0 N–H and O–H groups in total. The Hall–Kier alpha value is -1.86. The highest BCUT2D eigenvalue weighted by atomic mass is 32.2. The van der Waals surface area contributed by atoms with Gasteiger partial charge >= 0.3 is 23.9 Å². The molecule has 10 heteroatoms. The van der Waals surface area contributed by atoms with Crippen LogP contribution >= 0.6 is 23.5 Å². The van der Waals surface area contributed by atoms with Crippen molar-refractivity contribution in [3.05, 3.63) is 0 Å². The second-order valence-electron chi connectivity index (χ2n) is 9.01. The van der Waals surface area contributed by atoms with Gasteiger partial charge in [-0.05, 0) is 30.4 Å². The molecule has 10 atom stereocenters. The van der Waals surface area contributed by atoms with Gasteiger partial charge in [-0.15, -0.1) is 11.8 Å². The number of ketones is 1. The standard InChI is InChI=1S/C20H17NO7S2/c21-3-5-1-8-14(22)13-9(4-29-16(13)15(8)30-5)10-11-6(17(23)27-19(11)25)2-7-12(10)20(26)28-18(7)24/h5-13,15-16H,1-2,4H2. The van der Waals surface area contributed by atoms with Crippen LogP contribution in [0.1, 0.15) is 12.8 Å². The number of Topliss-reactive ketones (excluding diaryl/α,β-unsaturated/α-hetero) is 1. The molecule has 0 aromatic rings. The molecule has 0 aromatic heterocycles. The van der Waals surface area contributed by atoms with Crippen molar-refractivity contribution in [1.29, 1.82) is 5.26 Å². The molecule has 2 saturated carbocycles. The number of hydrogen-bond acceptors (Lipinski definition) is 10. The molecule has 156 valence electrons. The molecule has 0 bridgehead atoms. The van der Waals surface area contributed by atoms with Crippen LogP contribution in [0.2, 0.25) is 0 Å². The largest absolute Gasteiger partial charge is 0.393 e. The Labute approximate surface area is 179 Å². The van der Waals surface area contributed by atoms with E-state index in [4.69, 9.17) is 9.47 Å². The van der Waals surface area contributed by atoms with Crippen LogP contribution < -0.4 is 0 Å². The average molecular weight is 447 g/mol. The van der Waals surface area contributed by atoms with Crippen molar-refractivity contribution >= 4 is 53.2 Å². The Morgan fingerprint density at radius 3 is 2.03 bits per heavy atom. The average Bonchev–Trinajstić information content (AvgIpc) is 3.48. The van der Waals surface area contributed by atoms with E-state index in [1.807, 2.05) is 0 Å². The molecule has 8 nitrogen and oxygen atoms in total. The van der Waals surface area contributed by atoms with E-state index in [0.717, 1.165) is 0 Å². The minimum Gasteiger partial charge on any atom is -0.393 e. The maximum absolute atomic E-state index is 13.4. The number of thioether (sulfide) groups is 2. The first-order chi connectivity index (χ1) is 14.4. The summed E-state index contributed by atoms with van der Waals surface area (Å²) in [4.78, 5) is 63.1. The molecule has 4 heterocycles. The second-order valence-corrected chi connectivity index (χ2v) is 11.6. The van der Waals surface area contributed by atoms with Crippen LogP contribution in [-0.2, 0) is 33.4 Å². The van der Waals surface area contributed by atoms with E-state index < -0.39 is 53.5 Å². The zero-order valence-electron chi connectivity index (χ0n) is 15.6. The van der Waals surface area contributed by atoms with Crippen molar-refractivity contribution in [1.82, 2.24) is 0 Å². The highest BCUT2D eigenvalue weighted by Gasteiger charge is 2.68. The molecular weight excluding hydrogens is 430 g/mol. The number of hydrogen-bond donors (Lipinski definition) is 0. The fourth-order valence-electron chi connectivity index (χ4n) is 6.79. The van der Waals surface area contributed by atoms with Crippen molar-refractivity contribution in [3.8, 4) is 6.07 Å². The third-order valence-corrected chi connectivity index (χ3v) is 11.2. The summed E-state index contributed by atoms with van der Waals surface area (Å²) in [5.74, 6) is -6.52. The number of nitrogens with zero attached hydrogens (tertiary/aromatic N) is 1. The first-order valence-electron chi connectivity index (χ1n) is 10.1. The molecule has 0 spiro atoms.